The number of aromatic nitrogens is 1. The summed E-state index contributed by atoms with van der Waals surface area (Å²) < 4.78 is 27.9. The quantitative estimate of drug-likeness (QED) is 0.166. The molecule has 4 nitrogen and oxygen atoms in total. The molecule has 0 N–H and O–H groups in total. The van der Waals surface area contributed by atoms with E-state index in [1.807, 2.05) is 36.4 Å². The molecule has 1 atom stereocenters. The summed E-state index contributed by atoms with van der Waals surface area (Å²) in [7, 11) is 1.46. The summed E-state index contributed by atoms with van der Waals surface area (Å²) >= 11 is 0. The summed E-state index contributed by atoms with van der Waals surface area (Å²) in [6.07, 6.45) is 4.69. The van der Waals surface area contributed by atoms with Gasteiger partial charge in [-0.25, -0.2) is 4.39 Å². The van der Waals surface area contributed by atoms with Crippen molar-refractivity contribution in [2.24, 2.45) is 0 Å². The second-order valence-electron chi connectivity index (χ2n) is 9.99. The maximum absolute atomic E-state index is 14.2. The summed E-state index contributed by atoms with van der Waals surface area (Å²) in [5, 5.41) is 0.990. The highest BCUT2D eigenvalue weighted by molar-refractivity contribution is 5.94. The normalized spacial score (nSPS) is 14.1. The van der Waals surface area contributed by atoms with E-state index >= 15 is 0 Å². The molecule has 5 rings (SSSR count). The molecule has 1 aromatic heterocycles. The number of carbonyl (C=O) groups is 1. The Bertz CT molecular complexity index is 1400. The standard InChI is InChI=1S/C32H34FNO3/c1-4-5-17-37-25-14-16-29-26(20-25)30(27(32(35)36-3)19-22-9-7-6-8-10-22)31(23-11-12-23)34(29)24-13-15-28(33)21(2)18-24/h6-10,13-16,18,20,23,27H,4-5,11-12,17,19H2,1-3H3. The van der Waals surface area contributed by atoms with Gasteiger partial charge in [0.1, 0.15) is 11.6 Å². The lowest BCUT2D eigenvalue weighted by molar-refractivity contribution is -0.142. The number of aryl methyl sites for hydroxylation is 1. The molecule has 0 radical (unpaired) electrons. The Morgan fingerprint density at radius 3 is 2.54 bits per heavy atom. The highest BCUT2D eigenvalue weighted by Gasteiger charge is 2.37. The molecule has 1 fully saturated rings. The molecule has 37 heavy (non-hydrogen) atoms. The van der Waals surface area contributed by atoms with E-state index in [0.717, 1.165) is 64.8 Å². The van der Waals surface area contributed by atoms with Gasteiger partial charge in [0.25, 0.3) is 0 Å². The summed E-state index contributed by atoms with van der Waals surface area (Å²) in [4.78, 5) is 13.4. The summed E-state index contributed by atoms with van der Waals surface area (Å²) in [6.45, 7) is 4.58. The number of fused-ring (bicyclic) bond motifs is 1. The average molecular weight is 500 g/mol. The first-order valence-electron chi connectivity index (χ1n) is 13.2. The van der Waals surface area contributed by atoms with Crippen LogP contribution >= 0.6 is 0 Å². The van der Waals surface area contributed by atoms with E-state index in [4.69, 9.17) is 9.47 Å². The number of hydrogen-bond acceptors (Lipinski definition) is 3. The van der Waals surface area contributed by atoms with Gasteiger partial charge in [0.05, 0.1) is 25.2 Å². The molecular formula is C32H34FNO3. The van der Waals surface area contributed by atoms with Crippen LogP contribution in [0, 0.1) is 12.7 Å². The molecule has 1 saturated carbocycles. The lowest BCUT2D eigenvalue weighted by atomic mass is 9.88. The lowest BCUT2D eigenvalue weighted by Gasteiger charge is -2.18. The fraction of sp³-hybridized carbons (Fsp3) is 0.344. The van der Waals surface area contributed by atoms with E-state index in [0.29, 0.717) is 24.5 Å². The van der Waals surface area contributed by atoms with Crippen LogP contribution in [0.1, 0.15) is 66.8 Å². The number of unbranched alkanes of at least 4 members (excludes halogenated alkanes) is 1. The topological polar surface area (TPSA) is 40.5 Å². The smallest absolute Gasteiger partial charge is 0.313 e. The first-order chi connectivity index (χ1) is 18.0. The second kappa shape index (κ2) is 10.8. The minimum Gasteiger partial charge on any atom is -0.494 e. The molecule has 4 aromatic rings. The van der Waals surface area contributed by atoms with E-state index in [1.165, 1.54) is 13.2 Å². The summed E-state index contributed by atoms with van der Waals surface area (Å²) in [6, 6.07) is 21.4. The predicted octanol–water partition coefficient (Wildman–Crippen LogP) is 7.63. The molecular weight excluding hydrogens is 465 g/mol. The average Bonchev–Trinajstić information content (AvgIpc) is 3.70. The van der Waals surface area contributed by atoms with E-state index < -0.39 is 5.92 Å². The maximum atomic E-state index is 14.2. The SMILES string of the molecule is CCCCOc1ccc2c(c1)c(C(Cc1ccccc1)C(=O)OC)c(C1CC1)n2-c1ccc(F)c(C)c1. The van der Waals surface area contributed by atoms with Gasteiger partial charge in [-0.1, -0.05) is 43.7 Å². The van der Waals surface area contributed by atoms with Crippen LogP contribution in [-0.2, 0) is 16.0 Å². The molecule has 0 saturated heterocycles. The van der Waals surface area contributed by atoms with Crippen molar-refractivity contribution in [1.82, 2.24) is 4.57 Å². The van der Waals surface area contributed by atoms with E-state index in [-0.39, 0.29) is 11.8 Å². The molecule has 3 aromatic carbocycles. The number of halogens is 1. The van der Waals surface area contributed by atoms with Gasteiger partial charge in [-0.15, -0.1) is 0 Å². The number of ether oxygens (including phenoxy) is 2. The number of hydrogen-bond donors (Lipinski definition) is 0. The lowest BCUT2D eigenvalue weighted by Crippen LogP contribution is -2.18. The van der Waals surface area contributed by atoms with Crippen LogP contribution in [0.15, 0.2) is 66.7 Å². The van der Waals surface area contributed by atoms with E-state index in [2.05, 4.69) is 35.8 Å². The van der Waals surface area contributed by atoms with Crippen molar-refractivity contribution in [3.63, 3.8) is 0 Å². The Morgan fingerprint density at radius 2 is 1.86 bits per heavy atom. The van der Waals surface area contributed by atoms with Gasteiger partial charge in [-0.2, -0.15) is 0 Å². The Kier molecular flexibility index (Phi) is 7.31. The fourth-order valence-corrected chi connectivity index (χ4v) is 5.21. The third-order valence-electron chi connectivity index (χ3n) is 7.26. The van der Waals surface area contributed by atoms with E-state index in [9.17, 15) is 9.18 Å². The second-order valence-corrected chi connectivity index (χ2v) is 9.99. The van der Waals surface area contributed by atoms with Gasteiger partial charge in [0.15, 0.2) is 0 Å². The molecule has 1 aliphatic carbocycles. The molecule has 0 spiro atoms. The minimum atomic E-state index is -0.473. The monoisotopic (exact) mass is 499 g/mol. The summed E-state index contributed by atoms with van der Waals surface area (Å²) in [5.41, 5.74) is 5.69. The van der Waals surface area contributed by atoms with Crippen LogP contribution in [0.25, 0.3) is 16.6 Å². The van der Waals surface area contributed by atoms with Crippen LogP contribution < -0.4 is 4.74 Å². The first-order valence-corrected chi connectivity index (χ1v) is 13.2. The van der Waals surface area contributed by atoms with Crippen LogP contribution in [0.2, 0.25) is 0 Å². The van der Waals surface area contributed by atoms with E-state index in [1.54, 1.807) is 6.92 Å². The molecule has 0 aliphatic heterocycles. The van der Waals surface area contributed by atoms with Crippen molar-refractivity contribution < 1.29 is 18.7 Å². The van der Waals surface area contributed by atoms with Crippen molar-refractivity contribution in [3.05, 3.63) is 94.9 Å². The van der Waals surface area contributed by atoms with Crippen molar-refractivity contribution in [2.45, 2.75) is 57.8 Å². The molecule has 1 aliphatic rings. The summed E-state index contributed by atoms with van der Waals surface area (Å²) in [5.74, 6) is 0.175. The third kappa shape index (κ3) is 5.13. The largest absolute Gasteiger partial charge is 0.494 e. The predicted molar refractivity (Wildman–Crippen MR) is 145 cm³/mol. The Morgan fingerprint density at radius 1 is 1.08 bits per heavy atom. The number of rotatable bonds is 10. The molecule has 1 unspecified atom stereocenters. The molecule has 5 heteroatoms. The van der Waals surface area contributed by atoms with Crippen molar-refractivity contribution in [2.75, 3.05) is 13.7 Å². The Hall–Kier alpha value is -3.60. The zero-order valence-electron chi connectivity index (χ0n) is 21.8. The van der Waals surface area contributed by atoms with Crippen LogP contribution in [0.3, 0.4) is 0 Å². The van der Waals surface area contributed by atoms with Gasteiger partial charge in [0.2, 0.25) is 0 Å². The van der Waals surface area contributed by atoms with Crippen molar-refractivity contribution in [1.29, 1.82) is 0 Å². The highest BCUT2D eigenvalue weighted by atomic mass is 19.1. The van der Waals surface area contributed by atoms with Gasteiger partial charge in [0, 0.05) is 16.8 Å². The maximum Gasteiger partial charge on any atom is 0.313 e. The molecule has 1 heterocycles. The van der Waals surface area contributed by atoms with Gasteiger partial charge >= 0.3 is 5.97 Å². The van der Waals surface area contributed by atoms with Gasteiger partial charge in [-0.3, -0.25) is 4.79 Å². The Balaban J connectivity index is 1.76. The molecule has 0 amide bonds. The number of nitrogens with zero attached hydrogens (tertiary/aromatic N) is 1. The van der Waals surface area contributed by atoms with Gasteiger partial charge < -0.3 is 14.0 Å². The number of esters is 1. The number of carbonyl (C=O) groups excluding carboxylic acids is 1. The van der Waals surface area contributed by atoms with Crippen LogP contribution in [0.4, 0.5) is 4.39 Å². The minimum absolute atomic E-state index is 0.225. The first kappa shape index (κ1) is 25.1. The van der Waals surface area contributed by atoms with Gasteiger partial charge in [-0.05, 0) is 91.6 Å². The Labute approximate surface area is 218 Å². The fourth-order valence-electron chi connectivity index (χ4n) is 5.21. The molecule has 192 valence electrons. The van der Waals surface area contributed by atoms with Crippen LogP contribution in [0.5, 0.6) is 5.75 Å². The molecule has 0 bridgehead atoms. The van der Waals surface area contributed by atoms with Crippen LogP contribution in [-0.4, -0.2) is 24.3 Å². The number of benzene rings is 3. The number of methoxy groups -OCH3 is 1. The zero-order valence-corrected chi connectivity index (χ0v) is 21.8. The van der Waals surface area contributed by atoms with Crippen molar-refractivity contribution in [3.8, 4) is 11.4 Å². The third-order valence-corrected chi connectivity index (χ3v) is 7.26. The van der Waals surface area contributed by atoms with Crippen molar-refractivity contribution >= 4 is 16.9 Å². The zero-order chi connectivity index (χ0) is 25.9. The highest BCUT2D eigenvalue weighted by Crippen LogP contribution is 2.49.